The van der Waals surface area contributed by atoms with Crippen LogP contribution < -0.4 is 10.9 Å². The lowest BCUT2D eigenvalue weighted by atomic mass is 10.1. The predicted molar refractivity (Wildman–Crippen MR) is 65.9 cm³/mol. The Morgan fingerprint density at radius 2 is 2.35 bits per heavy atom. The Morgan fingerprint density at radius 3 is 2.94 bits per heavy atom. The minimum absolute atomic E-state index is 0.149. The number of aromatic nitrogens is 1. The van der Waals surface area contributed by atoms with E-state index in [2.05, 4.69) is 17.2 Å². The molecule has 0 saturated heterocycles. The average molecular weight is 234 g/mol. The van der Waals surface area contributed by atoms with E-state index in [0.29, 0.717) is 5.56 Å². The van der Waals surface area contributed by atoms with E-state index in [0.717, 1.165) is 18.8 Å². The molecule has 1 aromatic rings. The summed E-state index contributed by atoms with van der Waals surface area (Å²) < 4.78 is 0. The van der Waals surface area contributed by atoms with Gasteiger partial charge in [-0.25, -0.2) is 0 Å². The molecule has 0 aliphatic heterocycles. The van der Waals surface area contributed by atoms with Gasteiger partial charge < -0.3 is 10.3 Å². The summed E-state index contributed by atoms with van der Waals surface area (Å²) >= 11 is 0. The Kier molecular flexibility index (Phi) is 3.61. The molecule has 1 unspecified atom stereocenters. The van der Waals surface area contributed by atoms with Crippen molar-refractivity contribution in [1.29, 1.82) is 0 Å². The van der Waals surface area contributed by atoms with Crippen molar-refractivity contribution in [3.05, 3.63) is 34.2 Å². The van der Waals surface area contributed by atoms with Crippen molar-refractivity contribution in [1.82, 2.24) is 10.3 Å². The topological polar surface area (TPSA) is 62.0 Å². The summed E-state index contributed by atoms with van der Waals surface area (Å²) in [6.07, 6.45) is 6.07. The molecule has 0 spiro atoms. The number of hydrogen-bond acceptors (Lipinski definition) is 2. The first-order chi connectivity index (χ1) is 8.19. The maximum Gasteiger partial charge on any atom is 0.251 e. The van der Waals surface area contributed by atoms with Crippen LogP contribution in [0, 0.1) is 5.92 Å². The quantitative estimate of drug-likeness (QED) is 0.814. The lowest BCUT2D eigenvalue weighted by molar-refractivity contribution is 0.0932. The Morgan fingerprint density at radius 1 is 1.59 bits per heavy atom. The Hall–Kier alpha value is -1.58. The van der Waals surface area contributed by atoms with Gasteiger partial charge in [0.25, 0.3) is 5.91 Å². The van der Waals surface area contributed by atoms with E-state index < -0.39 is 0 Å². The van der Waals surface area contributed by atoms with Crippen LogP contribution in [-0.2, 0) is 0 Å². The van der Waals surface area contributed by atoms with Gasteiger partial charge in [-0.3, -0.25) is 9.59 Å². The molecular formula is C13H18N2O2. The minimum Gasteiger partial charge on any atom is -0.349 e. The molecule has 1 saturated carbocycles. The number of hydrogen-bond donors (Lipinski definition) is 2. The number of aromatic amines is 1. The molecule has 0 bridgehead atoms. The van der Waals surface area contributed by atoms with E-state index in [1.165, 1.54) is 25.1 Å². The third-order valence-electron chi connectivity index (χ3n) is 3.18. The third kappa shape index (κ3) is 3.44. The predicted octanol–water partition coefficient (Wildman–Crippen LogP) is 1.68. The van der Waals surface area contributed by atoms with Crippen LogP contribution in [0.2, 0.25) is 0 Å². The van der Waals surface area contributed by atoms with E-state index in [-0.39, 0.29) is 17.5 Å². The fourth-order valence-corrected chi connectivity index (χ4v) is 1.94. The van der Waals surface area contributed by atoms with Crippen LogP contribution in [0.25, 0.3) is 0 Å². The van der Waals surface area contributed by atoms with E-state index in [4.69, 9.17) is 0 Å². The van der Waals surface area contributed by atoms with Crippen molar-refractivity contribution in [2.45, 2.75) is 38.6 Å². The Balaban J connectivity index is 1.96. The van der Waals surface area contributed by atoms with Crippen LogP contribution >= 0.6 is 0 Å². The SMILES string of the molecule is CCC(CC1CC1)NC(=O)c1cc[nH]c(=O)c1. The van der Waals surface area contributed by atoms with E-state index >= 15 is 0 Å². The second-order valence-electron chi connectivity index (χ2n) is 4.70. The van der Waals surface area contributed by atoms with Crippen LogP contribution in [0.15, 0.2) is 23.1 Å². The first kappa shape index (κ1) is 11.9. The highest BCUT2D eigenvalue weighted by Crippen LogP contribution is 2.34. The molecule has 4 heteroatoms. The van der Waals surface area contributed by atoms with Gasteiger partial charge in [0.05, 0.1) is 0 Å². The van der Waals surface area contributed by atoms with Crippen LogP contribution in [-0.4, -0.2) is 16.9 Å². The molecule has 1 fully saturated rings. The van der Waals surface area contributed by atoms with Crippen molar-refractivity contribution in [3.63, 3.8) is 0 Å². The summed E-state index contributed by atoms with van der Waals surface area (Å²) in [5.74, 6) is 0.642. The third-order valence-corrected chi connectivity index (χ3v) is 3.18. The van der Waals surface area contributed by atoms with Crippen molar-refractivity contribution in [3.8, 4) is 0 Å². The number of carbonyl (C=O) groups is 1. The summed E-state index contributed by atoms with van der Waals surface area (Å²) in [4.78, 5) is 25.5. The van der Waals surface area contributed by atoms with Crippen molar-refractivity contribution >= 4 is 5.91 Å². The van der Waals surface area contributed by atoms with Gasteiger partial charge in [-0.15, -0.1) is 0 Å². The molecule has 1 atom stereocenters. The van der Waals surface area contributed by atoms with Gasteiger partial charge in [0, 0.05) is 23.9 Å². The van der Waals surface area contributed by atoms with Crippen molar-refractivity contribution in [2.24, 2.45) is 5.92 Å². The molecule has 1 aliphatic rings. The second-order valence-corrected chi connectivity index (χ2v) is 4.70. The molecule has 1 amide bonds. The average Bonchev–Trinajstić information content (AvgIpc) is 3.12. The number of amides is 1. The van der Waals surface area contributed by atoms with Gasteiger partial charge in [0.1, 0.15) is 0 Å². The molecule has 0 aromatic carbocycles. The zero-order valence-electron chi connectivity index (χ0n) is 10.0. The summed E-state index contributed by atoms with van der Waals surface area (Å²) in [6.45, 7) is 2.07. The molecule has 2 N–H and O–H groups in total. The molecule has 92 valence electrons. The highest BCUT2D eigenvalue weighted by molar-refractivity contribution is 5.94. The zero-order valence-corrected chi connectivity index (χ0v) is 10.0. The zero-order chi connectivity index (χ0) is 12.3. The largest absolute Gasteiger partial charge is 0.349 e. The standard InChI is InChI=1S/C13H18N2O2/c1-2-11(7-9-3-4-9)15-13(17)10-5-6-14-12(16)8-10/h5-6,8-9,11H,2-4,7H2,1H3,(H,14,16)(H,15,17). The molecule has 1 aromatic heterocycles. The number of pyridine rings is 1. The summed E-state index contributed by atoms with van der Waals surface area (Å²) in [7, 11) is 0. The monoisotopic (exact) mass is 234 g/mol. The van der Waals surface area contributed by atoms with Gasteiger partial charge in [-0.2, -0.15) is 0 Å². The van der Waals surface area contributed by atoms with Crippen molar-refractivity contribution < 1.29 is 4.79 Å². The molecule has 1 heterocycles. The normalized spacial score (nSPS) is 16.5. The molecule has 4 nitrogen and oxygen atoms in total. The minimum atomic E-state index is -0.243. The van der Waals surface area contributed by atoms with Crippen LogP contribution in [0.4, 0.5) is 0 Å². The lowest BCUT2D eigenvalue weighted by Gasteiger charge is -2.16. The maximum absolute atomic E-state index is 11.9. The first-order valence-corrected chi connectivity index (χ1v) is 6.18. The highest BCUT2D eigenvalue weighted by Gasteiger charge is 2.25. The van der Waals surface area contributed by atoms with Gasteiger partial charge >= 0.3 is 0 Å². The van der Waals surface area contributed by atoms with Gasteiger partial charge in [0.2, 0.25) is 5.56 Å². The van der Waals surface area contributed by atoms with Crippen LogP contribution in [0.3, 0.4) is 0 Å². The van der Waals surface area contributed by atoms with E-state index in [1.54, 1.807) is 6.07 Å². The van der Waals surface area contributed by atoms with Gasteiger partial charge in [-0.05, 0) is 24.8 Å². The number of H-pyrrole nitrogens is 1. The first-order valence-electron chi connectivity index (χ1n) is 6.18. The van der Waals surface area contributed by atoms with Crippen molar-refractivity contribution in [2.75, 3.05) is 0 Å². The summed E-state index contributed by atoms with van der Waals surface area (Å²) in [5, 5.41) is 2.99. The number of nitrogens with one attached hydrogen (secondary N) is 2. The fourth-order valence-electron chi connectivity index (χ4n) is 1.94. The second kappa shape index (κ2) is 5.17. The Labute approximate surface area is 100 Å². The fraction of sp³-hybridized carbons (Fsp3) is 0.538. The highest BCUT2D eigenvalue weighted by atomic mass is 16.2. The van der Waals surface area contributed by atoms with E-state index in [9.17, 15) is 9.59 Å². The van der Waals surface area contributed by atoms with Gasteiger partial charge in [-0.1, -0.05) is 19.8 Å². The smallest absolute Gasteiger partial charge is 0.251 e. The van der Waals surface area contributed by atoms with E-state index in [1.807, 2.05) is 0 Å². The summed E-state index contributed by atoms with van der Waals surface area (Å²) in [5.41, 5.74) is 0.191. The molecule has 1 aliphatic carbocycles. The van der Waals surface area contributed by atoms with Crippen LogP contribution in [0.5, 0.6) is 0 Å². The Bertz CT molecular complexity index is 449. The number of rotatable bonds is 5. The lowest BCUT2D eigenvalue weighted by Crippen LogP contribution is -2.35. The van der Waals surface area contributed by atoms with Crippen LogP contribution in [0.1, 0.15) is 43.0 Å². The molecule has 17 heavy (non-hydrogen) atoms. The molecule has 2 rings (SSSR count). The molecular weight excluding hydrogens is 216 g/mol. The summed E-state index contributed by atoms with van der Waals surface area (Å²) in [6, 6.07) is 3.19. The maximum atomic E-state index is 11.9. The molecule has 0 radical (unpaired) electrons. The van der Waals surface area contributed by atoms with Gasteiger partial charge in [0.15, 0.2) is 0 Å². The number of carbonyl (C=O) groups excluding carboxylic acids is 1.